The van der Waals surface area contributed by atoms with E-state index in [9.17, 15) is 18.3 Å². The van der Waals surface area contributed by atoms with Crippen molar-refractivity contribution in [2.24, 2.45) is 0 Å². The fourth-order valence-electron chi connectivity index (χ4n) is 3.06. The van der Waals surface area contributed by atoms with E-state index in [0.29, 0.717) is 5.69 Å². The van der Waals surface area contributed by atoms with Crippen LogP contribution in [0.2, 0.25) is 0 Å². The molecule has 0 amide bonds. The number of aliphatic hydroxyl groups excluding tert-OH is 1. The average molecular weight is 333 g/mol. The second-order valence-electron chi connectivity index (χ2n) is 5.66. The lowest BCUT2D eigenvalue weighted by Gasteiger charge is -2.28. The minimum absolute atomic E-state index is 0.130. The number of halogens is 3. The standard InChI is InChI=1S/C17H14F3N3O/c18-17(19,20)15-4-2-1-3-14(15)16-7-13(24)10-23(16)12-6-5-11(8-21)22-9-12/h1-6,9,13,16,24H,7,10H2. The van der Waals surface area contributed by atoms with Crippen molar-refractivity contribution in [1.29, 1.82) is 5.26 Å². The van der Waals surface area contributed by atoms with Crippen LogP contribution in [-0.4, -0.2) is 22.7 Å². The highest BCUT2D eigenvalue weighted by molar-refractivity contribution is 5.51. The van der Waals surface area contributed by atoms with Crippen LogP contribution < -0.4 is 4.90 Å². The third kappa shape index (κ3) is 3.05. The van der Waals surface area contributed by atoms with E-state index in [1.807, 2.05) is 6.07 Å². The Labute approximate surface area is 136 Å². The van der Waals surface area contributed by atoms with E-state index < -0.39 is 23.9 Å². The predicted molar refractivity (Wildman–Crippen MR) is 81.1 cm³/mol. The molecule has 2 atom stereocenters. The molecule has 1 saturated heterocycles. The van der Waals surface area contributed by atoms with Crippen molar-refractivity contribution in [1.82, 2.24) is 4.98 Å². The molecule has 1 aliphatic rings. The lowest BCUT2D eigenvalue weighted by Crippen LogP contribution is -2.26. The Hall–Kier alpha value is -2.59. The third-order valence-corrected chi connectivity index (χ3v) is 4.10. The molecule has 0 aliphatic carbocycles. The fourth-order valence-corrected chi connectivity index (χ4v) is 3.06. The number of aliphatic hydroxyl groups is 1. The Kier molecular flexibility index (Phi) is 4.16. The molecule has 4 nitrogen and oxygen atoms in total. The molecule has 124 valence electrons. The molecule has 0 bridgehead atoms. The summed E-state index contributed by atoms with van der Waals surface area (Å²) >= 11 is 0. The fraction of sp³-hybridized carbons (Fsp3) is 0.294. The van der Waals surface area contributed by atoms with E-state index >= 15 is 0 Å². The van der Waals surface area contributed by atoms with Gasteiger partial charge in [-0.1, -0.05) is 18.2 Å². The van der Waals surface area contributed by atoms with Gasteiger partial charge in [-0.3, -0.25) is 0 Å². The molecule has 0 radical (unpaired) electrons. The smallest absolute Gasteiger partial charge is 0.391 e. The number of hydrogen-bond acceptors (Lipinski definition) is 4. The zero-order valence-corrected chi connectivity index (χ0v) is 12.5. The van der Waals surface area contributed by atoms with Crippen LogP contribution >= 0.6 is 0 Å². The predicted octanol–water partition coefficient (Wildman–Crippen LogP) is 3.28. The van der Waals surface area contributed by atoms with Gasteiger partial charge in [0.2, 0.25) is 0 Å². The lowest BCUT2D eigenvalue weighted by molar-refractivity contribution is -0.138. The maximum Gasteiger partial charge on any atom is 0.416 e. The van der Waals surface area contributed by atoms with Crippen molar-refractivity contribution >= 4 is 5.69 Å². The van der Waals surface area contributed by atoms with Gasteiger partial charge in [0.15, 0.2) is 0 Å². The van der Waals surface area contributed by atoms with E-state index in [1.54, 1.807) is 17.0 Å². The molecule has 1 aliphatic heterocycles. The summed E-state index contributed by atoms with van der Waals surface area (Å²) in [5.41, 5.74) is 0.236. The summed E-state index contributed by atoms with van der Waals surface area (Å²) in [6, 6.07) is 9.84. The van der Waals surface area contributed by atoms with Crippen LogP contribution in [0.3, 0.4) is 0 Å². The number of β-amino-alcohol motifs (C(OH)–C–C–N with tert-alkyl or cyclic N) is 1. The number of benzene rings is 1. The van der Waals surface area contributed by atoms with Gasteiger partial charge in [0.05, 0.1) is 29.6 Å². The third-order valence-electron chi connectivity index (χ3n) is 4.10. The van der Waals surface area contributed by atoms with Gasteiger partial charge in [0, 0.05) is 6.54 Å². The minimum Gasteiger partial charge on any atom is -0.391 e. The van der Waals surface area contributed by atoms with Crippen molar-refractivity contribution in [2.75, 3.05) is 11.4 Å². The van der Waals surface area contributed by atoms with Gasteiger partial charge in [-0.05, 0) is 30.2 Å². The van der Waals surface area contributed by atoms with E-state index in [0.717, 1.165) is 6.07 Å². The maximum absolute atomic E-state index is 13.3. The number of rotatable bonds is 2. The summed E-state index contributed by atoms with van der Waals surface area (Å²) in [6.07, 6.45) is -3.54. The van der Waals surface area contributed by atoms with E-state index in [4.69, 9.17) is 5.26 Å². The molecule has 2 heterocycles. The topological polar surface area (TPSA) is 60.2 Å². The van der Waals surface area contributed by atoms with Gasteiger partial charge in [-0.25, -0.2) is 4.98 Å². The van der Waals surface area contributed by atoms with Gasteiger partial charge in [-0.2, -0.15) is 18.4 Å². The van der Waals surface area contributed by atoms with Gasteiger partial charge < -0.3 is 10.0 Å². The number of aromatic nitrogens is 1. The Morgan fingerprint density at radius 2 is 1.96 bits per heavy atom. The van der Waals surface area contributed by atoms with Crippen molar-refractivity contribution in [3.63, 3.8) is 0 Å². The van der Waals surface area contributed by atoms with Gasteiger partial charge in [0.25, 0.3) is 0 Å². The first kappa shape index (κ1) is 16.3. The van der Waals surface area contributed by atoms with Crippen molar-refractivity contribution in [2.45, 2.75) is 24.7 Å². The molecule has 2 unspecified atom stereocenters. The van der Waals surface area contributed by atoms with Crippen molar-refractivity contribution in [3.05, 3.63) is 59.4 Å². The van der Waals surface area contributed by atoms with Crippen LogP contribution in [0, 0.1) is 11.3 Å². The summed E-state index contributed by atoms with van der Waals surface area (Å²) < 4.78 is 39.9. The number of nitriles is 1. The highest BCUT2D eigenvalue weighted by atomic mass is 19.4. The molecule has 1 fully saturated rings. The Morgan fingerprint density at radius 1 is 1.21 bits per heavy atom. The largest absolute Gasteiger partial charge is 0.416 e. The van der Waals surface area contributed by atoms with E-state index in [2.05, 4.69) is 4.98 Å². The van der Waals surface area contributed by atoms with Crippen LogP contribution in [0.4, 0.5) is 18.9 Å². The minimum atomic E-state index is -4.46. The second-order valence-corrected chi connectivity index (χ2v) is 5.66. The summed E-state index contributed by atoms with van der Waals surface area (Å²) in [7, 11) is 0. The zero-order chi connectivity index (χ0) is 17.3. The molecular formula is C17H14F3N3O. The van der Waals surface area contributed by atoms with Crippen LogP contribution in [0.5, 0.6) is 0 Å². The molecule has 1 N–H and O–H groups in total. The van der Waals surface area contributed by atoms with Crippen molar-refractivity contribution in [3.8, 4) is 6.07 Å². The average Bonchev–Trinajstić information content (AvgIpc) is 2.96. The van der Waals surface area contributed by atoms with Gasteiger partial charge >= 0.3 is 6.18 Å². The Bertz CT molecular complexity index is 768. The number of alkyl halides is 3. The first-order valence-corrected chi connectivity index (χ1v) is 7.37. The van der Waals surface area contributed by atoms with Crippen LogP contribution in [0.25, 0.3) is 0 Å². The Morgan fingerprint density at radius 3 is 2.58 bits per heavy atom. The van der Waals surface area contributed by atoms with Gasteiger partial charge in [0.1, 0.15) is 11.8 Å². The molecule has 2 aromatic rings. The molecule has 1 aromatic carbocycles. The summed E-state index contributed by atoms with van der Waals surface area (Å²) in [5, 5.41) is 18.8. The normalized spacial score (nSPS) is 20.9. The maximum atomic E-state index is 13.3. The molecule has 7 heteroatoms. The highest BCUT2D eigenvalue weighted by Gasteiger charge is 2.39. The molecule has 0 saturated carbocycles. The number of pyridine rings is 1. The second kappa shape index (κ2) is 6.13. The first-order valence-electron chi connectivity index (χ1n) is 7.37. The zero-order valence-electron chi connectivity index (χ0n) is 12.5. The number of hydrogen-bond donors (Lipinski definition) is 1. The summed E-state index contributed by atoms with van der Waals surface area (Å²) in [5.74, 6) is 0. The molecular weight excluding hydrogens is 319 g/mol. The van der Waals surface area contributed by atoms with Crippen LogP contribution in [0.15, 0.2) is 42.6 Å². The lowest BCUT2D eigenvalue weighted by atomic mass is 9.97. The van der Waals surface area contributed by atoms with Crippen molar-refractivity contribution < 1.29 is 18.3 Å². The van der Waals surface area contributed by atoms with Crippen LogP contribution in [0.1, 0.15) is 29.3 Å². The molecule has 0 spiro atoms. The number of nitrogens with zero attached hydrogens (tertiary/aromatic N) is 3. The molecule has 1 aromatic heterocycles. The van der Waals surface area contributed by atoms with Gasteiger partial charge in [-0.15, -0.1) is 0 Å². The molecule has 3 rings (SSSR count). The first-order chi connectivity index (χ1) is 11.4. The highest BCUT2D eigenvalue weighted by Crippen LogP contribution is 2.42. The van der Waals surface area contributed by atoms with E-state index in [1.165, 1.54) is 24.4 Å². The number of anilines is 1. The monoisotopic (exact) mass is 333 g/mol. The SMILES string of the molecule is N#Cc1ccc(N2CC(O)CC2c2ccccc2C(F)(F)F)cn1. The summed E-state index contributed by atoms with van der Waals surface area (Å²) in [6.45, 7) is 0.213. The quantitative estimate of drug-likeness (QED) is 0.916. The van der Waals surface area contributed by atoms with Crippen LogP contribution in [-0.2, 0) is 6.18 Å². The summed E-state index contributed by atoms with van der Waals surface area (Å²) in [4.78, 5) is 5.66. The molecule has 24 heavy (non-hydrogen) atoms. The van der Waals surface area contributed by atoms with E-state index in [-0.39, 0.29) is 24.2 Å². The Balaban J connectivity index is 2.01.